The molecule has 28 heavy (non-hydrogen) atoms. The molecule has 2 heterocycles. The lowest BCUT2D eigenvalue weighted by molar-refractivity contribution is -0.130. The Morgan fingerprint density at radius 3 is 2.50 bits per heavy atom. The van der Waals surface area contributed by atoms with Gasteiger partial charge >= 0.3 is 0 Å². The summed E-state index contributed by atoms with van der Waals surface area (Å²) >= 11 is 0. The summed E-state index contributed by atoms with van der Waals surface area (Å²) < 4.78 is 0. The molecule has 0 atom stereocenters. The highest BCUT2D eigenvalue weighted by molar-refractivity contribution is 5.90. The predicted octanol–water partition coefficient (Wildman–Crippen LogP) is 2.33. The number of piperidine rings is 1. The maximum absolute atomic E-state index is 12.2. The van der Waals surface area contributed by atoms with Crippen LogP contribution >= 0.6 is 12.4 Å². The number of hydrogen-bond acceptors (Lipinski definition) is 5. The highest BCUT2D eigenvalue weighted by Crippen LogP contribution is 2.23. The Kier molecular flexibility index (Phi) is 7.95. The summed E-state index contributed by atoms with van der Waals surface area (Å²) in [5.74, 6) is 1.89. The molecule has 0 spiro atoms. The lowest BCUT2D eigenvalue weighted by Crippen LogP contribution is -2.37. The fourth-order valence-electron chi connectivity index (χ4n) is 3.31. The van der Waals surface area contributed by atoms with E-state index in [1.54, 1.807) is 6.92 Å². The van der Waals surface area contributed by atoms with Gasteiger partial charge in [0.2, 0.25) is 11.8 Å². The van der Waals surface area contributed by atoms with Gasteiger partial charge in [-0.05, 0) is 49.4 Å². The second-order valence-corrected chi connectivity index (χ2v) is 6.92. The lowest BCUT2D eigenvalue weighted by Gasteiger charge is -2.31. The number of rotatable bonds is 6. The number of likely N-dealkylation sites (tertiary alicyclic amines) is 1. The molecule has 9 heteroatoms. The van der Waals surface area contributed by atoms with Gasteiger partial charge < -0.3 is 16.0 Å². The van der Waals surface area contributed by atoms with Crippen LogP contribution in [0.2, 0.25) is 0 Å². The van der Waals surface area contributed by atoms with Crippen molar-refractivity contribution in [3.63, 3.8) is 0 Å². The molecule has 3 rings (SSSR count). The predicted molar refractivity (Wildman–Crippen MR) is 110 cm³/mol. The van der Waals surface area contributed by atoms with Gasteiger partial charge in [-0.2, -0.15) is 5.10 Å². The molecule has 0 unspecified atom stereocenters. The zero-order valence-electron chi connectivity index (χ0n) is 16.0. The highest BCUT2D eigenvalue weighted by Gasteiger charge is 2.21. The van der Waals surface area contributed by atoms with E-state index in [4.69, 9.17) is 5.73 Å². The number of halogens is 1. The molecule has 0 radical (unpaired) electrons. The van der Waals surface area contributed by atoms with Crippen LogP contribution in [0, 0.1) is 5.92 Å². The molecule has 1 aliphatic heterocycles. The third kappa shape index (κ3) is 5.77. The van der Waals surface area contributed by atoms with Crippen LogP contribution in [-0.4, -0.2) is 45.0 Å². The van der Waals surface area contributed by atoms with E-state index in [1.165, 1.54) is 0 Å². The molecule has 1 saturated heterocycles. The Hall–Kier alpha value is -2.45. The van der Waals surface area contributed by atoms with E-state index in [1.807, 2.05) is 29.2 Å². The Morgan fingerprint density at radius 1 is 1.25 bits per heavy atom. The molecular weight excluding hydrogens is 380 g/mol. The average molecular weight is 407 g/mol. The van der Waals surface area contributed by atoms with Crippen molar-refractivity contribution in [2.45, 2.75) is 39.2 Å². The van der Waals surface area contributed by atoms with Crippen LogP contribution in [0.3, 0.4) is 0 Å². The van der Waals surface area contributed by atoms with Gasteiger partial charge in [-0.1, -0.05) is 0 Å². The number of aromatic amines is 1. The van der Waals surface area contributed by atoms with E-state index in [0.717, 1.165) is 43.6 Å². The summed E-state index contributed by atoms with van der Waals surface area (Å²) in [4.78, 5) is 29.7. The maximum Gasteiger partial charge on any atom is 0.224 e. The van der Waals surface area contributed by atoms with E-state index in [9.17, 15) is 9.59 Å². The Bertz CT molecular complexity index is 784. The van der Waals surface area contributed by atoms with Crippen molar-refractivity contribution in [3.05, 3.63) is 30.1 Å². The number of nitrogens with one attached hydrogen (secondary N) is 2. The minimum Gasteiger partial charge on any atom is -0.343 e. The molecule has 0 aliphatic carbocycles. The standard InChI is InChI=1S/C19H26N6O2.ClH/c1-13(26)25-10-8-14(9-11-25)2-7-18(27)21-16-5-3-15(4-6-16)19-22-17(12-20)23-24-19;/h3-6,14H,2,7-12,20H2,1H3,(H,21,27)(H,22,23,24);1H. The van der Waals surface area contributed by atoms with Crippen LogP contribution in [0.4, 0.5) is 5.69 Å². The number of carbonyl (C=O) groups is 2. The second-order valence-electron chi connectivity index (χ2n) is 6.92. The molecule has 1 fully saturated rings. The van der Waals surface area contributed by atoms with Crippen molar-refractivity contribution in [1.82, 2.24) is 20.1 Å². The lowest BCUT2D eigenvalue weighted by atomic mass is 9.92. The monoisotopic (exact) mass is 406 g/mol. The first-order chi connectivity index (χ1) is 13.0. The average Bonchev–Trinajstić information content (AvgIpc) is 3.16. The fraction of sp³-hybridized carbons (Fsp3) is 0.474. The second kappa shape index (κ2) is 10.2. The molecular formula is C19H27ClN6O2. The minimum absolute atomic E-state index is 0. The molecule has 1 aromatic heterocycles. The van der Waals surface area contributed by atoms with Gasteiger partial charge in [-0.25, -0.2) is 4.98 Å². The molecule has 8 nitrogen and oxygen atoms in total. The number of aromatic nitrogens is 3. The number of nitrogens with zero attached hydrogens (tertiary/aromatic N) is 3. The molecule has 4 N–H and O–H groups in total. The van der Waals surface area contributed by atoms with Crippen molar-refractivity contribution < 1.29 is 9.59 Å². The van der Waals surface area contributed by atoms with Crippen molar-refractivity contribution in [2.75, 3.05) is 18.4 Å². The van der Waals surface area contributed by atoms with Gasteiger partial charge in [-0.3, -0.25) is 14.7 Å². The number of benzene rings is 1. The van der Waals surface area contributed by atoms with Crippen LogP contribution in [0.15, 0.2) is 24.3 Å². The number of nitrogens with two attached hydrogens (primary N) is 1. The smallest absolute Gasteiger partial charge is 0.224 e. The van der Waals surface area contributed by atoms with Crippen LogP contribution in [0.25, 0.3) is 11.4 Å². The van der Waals surface area contributed by atoms with Crippen molar-refractivity contribution in [3.8, 4) is 11.4 Å². The van der Waals surface area contributed by atoms with Gasteiger partial charge in [-0.15, -0.1) is 12.4 Å². The van der Waals surface area contributed by atoms with Gasteiger partial charge in [0.25, 0.3) is 0 Å². The normalized spacial score (nSPS) is 14.4. The van der Waals surface area contributed by atoms with Crippen LogP contribution in [0.1, 0.15) is 38.4 Å². The summed E-state index contributed by atoms with van der Waals surface area (Å²) in [6.45, 7) is 3.53. The molecule has 2 aromatic rings. The summed E-state index contributed by atoms with van der Waals surface area (Å²) in [5, 5.41) is 9.83. The van der Waals surface area contributed by atoms with E-state index in [2.05, 4.69) is 20.5 Å². The van der Waals surface area contributed by atoms with E-state index >= 15 is 0 Å². The van der Waals surface area contributed by atoms with Gasteiger partial charge in [0.15, 0.2) is 5.82 Å². The third-order valence-electron chi connectivity index (χ3n) is 4.99. The number of H-pyrrole nitrogens is 1. The third-order valence-corrected chi connectivity index (χ3v) is 4.99. The summed E-state index contributed by atoms with van der Waals surface area (Å²) in [6, 6.07) is 7.43. The number of amides is 2. The Labute approximate surface area is 170 Å². The summed E-state index contributed by atoms with van der Waals surface area (Å²) in [5.41, 5.74) is 7.14. The fourth-order valence-corrected chi connectivity index (χ4v) is 3.31. The zero-order valence-corrected chi connectivity index (χ0v) is 16.8. The molecule has 152 valence electrons. The van der Waals surface area contributed by atoms with Crippen LogP contribution in [0.5, 0.6) is 0 Å². The molecule has 1 aromatic carbocycles. The Morgan fingerprint density at radius 2 is 1.93 bits per heavy atom. The summed E-state index contributed by atoms with van der Waals surface area (Å²) in [6.07, 6.45) is 3.30. The quantitative estimate of drug-likeness (QED) is 0.680. The van der Waals surface area contributed by atoms with Crippen molar-refractivity contribution in [1.29, 1.82) is 0 Å². The number of hydrogen-bond donors (Lipinski definition) is 3. The summed E-state index contributed by atoms with van der Waals surface area (Å²) in [7, 11) is 0. The van der Waals surface area contributed by atoms with Gasteiger partial charge in [0, 0.05) is 37.7 Å². The van der Waals surface area contributed by atoms with E-state index < -0.39 is 0 Å². The molecule has 0 saturated carbocycles. The van der Waals surface area contributed by atoms with Gasteiger partial charge in [0.05, 0.1) is 6.54 Å². The first-order valence-electron chi connectivity index (χ1n) is 9.32. The van der Waals surface area contributed by atoms with E-state index in [-0.39, 0.29) is 24.2 Å². The van der Waals surface area contributed by atoms with Crippen molar-refractivity contribution >= 4 is 29.9 Å². The Balaban J connectivity index is 0.00000280. The van der Waals surface area contributed by atoms with Crippen molar-refractivity contribution in [2.24, 2.45) is 11.7 Å². The molecule has 0 bridgehead atoms. The molecule has 2 amide bonds. The maximum atomic E-state index is 12.2. The van der Waals surface area contributed by atoms with E-state index in [0.29, 0.717) is 30.5 Å². The van der Waals surface area contributed by atoms with Crippen LogP contribution in [-0.2, 0) is 16.1 Å². The number of carbonyl (C=O) groups excluding carboxylic acids is 2. The molecule has 1 aliphatic rings. The topological polar surface area (TPSA) is 117 Å². The zero-order chi connectivity index (χ0) is 19.2. The minimum atomic E-state index is 0. The highest BCUT2D eigenvalue weighted by atomic mass is 35.5. The van der Waals surface area contributed by atoms with Crippen LogP contribution < -0.4 is 11.1 Å². The first-order valence-corrected chi connectivity index (χ1v) is 9.32. The number of anilines is 1. The SMILES string of the molecule is CC(=O)N1CCC(CCC(=O)Nc2ccc(-c3n[nH]c(CN)n3)cc2)CC1.Cl. The first kappa shape index (κ1) is 21.8. The largest absolute Gasteiger partial charge is 0.343 e. The van der Waals surface area contributed by atoms with Gasteiger partial charge in [0.1, 0.15) is 5.82 Å².